The van der Waals surface area contributed by atoms with Crippen LogP contribution in [0, 0.1) is 0 Å². The van der Waals surface area contributed by atoms with Gasteiger partial charge in [-0.15, -0.1) is 0 Å². The van der Waals surface area contributed by atoms with Crippen LogP contribution in [0.5, 0.6) is 0 Å². The normalized spacial score (nSPS) is 17.2. The molecule has 2 rings (SSSR count). The Kier molecular flexibility index (Phi) is 4.18. The Morgan fingerprint density at radius 1 is 1.41 bits per heavy atom. The fourth-order valence-corrected chi connectivity index (χ4v) is 2.35. The molecule has 4 nitrogen and oxygen atoms in total. The molecule has 0 aliphatic heterocycles. The molecule has 0 aromatic carbocycles. The van der Waals surface area contributed by atoms with Crippen LogP contribution in [0.4, 0.5) is 0 Å². The number of aryl methyl sites for hydroxylation is 1. The molecule has 1 atom stereocenters. The van der Waals surface area contributed by atoms with Crippen molar-refractivity contribution in [2.75, 3.05) is 6.54 Å². The third kappa shape index (κ3) is 3.30. The molecule has 1 unspecified atom stereocenters. The van der Waals surface area contributed by atoms with Crippen molar-refractivity contribution in [2.45, 2.75) is 58.2 Å². The molecule has 0 radical (unpaired) electrons. The summed E-state index contributed by atoms with van der Waals surface area (Å²) in [6, 6.07) is 0.418. The molecule has 0 fully saturated rings. The van der Waals surface area contributed by atoms with Crippen molar-refractivity contribution in [3.8, 4) is 0 Å². The van der Waals surface area contributed by atoms with Crippen molar-refractivity contribution in [3.05, 3.63) is 17.7 Å². The van der Waals surface area contributed by atoms with Crippen LogP contribution in [-0.2, 0) is 19.4 Å². The molecule has 0 saturated carbocycles. The van der Waals surface area contributed by atoms with Gasteiger partial charge in [0.1, 0.15) is 0 Å². The Hall–Kier alpha value is -0.870. The maximum Gasteiger partial charge on any atom is 0.0952 e. The highest BCUT2D eigenvalue weighted by Gasteiger charge is 2.16. The molecule has 1 heterocycles. The van der Waals surface area contributed by atoms with Crippen molar-refractivity contribution < 1.29 is 5.11 Å². The minimum absolute atomic E-state index is 0.336. The number of aromatic nitrogens is 2. The van der Waals surface area contributed by atoms with Crippen LogP contribution in [-0.4, -0.2) is 33.3 Å². The summed E-state index contributed by atoms with van der Waals surface area (Å²) in [5.41, 5.74) is 2.57. The maximum absolute atomic E-state index is 9.96. The van der Waals surface area contributed by atoms with Gasteiger partial charge in [0.15, 0.2) is 0 Å². The summed E-state index contributed by atoms with van der Waals surface area (Å²) < 4.78 is 2.13. The average molecular weight is 237 g/mol. The number of nitrogens with zero attached hydrogens (tertiary/aromatic N) is 2. The summed E-state index contributed by atoms with van der Waals surface area (Å²) in [5.74, 6) is 0. The molecule has 0 saturated heterocycles. The molecule has 0 amide bonds. The highest BCUT2D eigenvalue weighted by atomic mass is 16.3. The van der Waals surface area contributed by atoms with Gasteiger partial charge < -0.3 is 15.0 Å². The van der Waals surface area contributed by atoms with Crippen molar-refractivity contribution in [1.29, 1.82) is 0 Å². The second-order valence-electron chi connectivity index (χ2n) is 5.21. The van der Waals surface area contributed by atoms with Crippen molar-refractivity contribution in [1.82, 2.24) is 14.9 Å². The van der Waals surface area contributed by atoms with Crippen molar-refractivity contribution in [2.24, 2.45) is 0 Å². The number of hydrogen-bond acceptors (Lipinski definition) is 3. The summed E-state index contributed by atoms with van der Waals surface area (Å²) in [7, 11) is 0. The van der Waals surface area contributed by atoms with Gasteiger partial charge in [-0.25, -0.2) is 4.98 Å². The van der Waals surface area contributed by atoms with E-state index in [1.165, 1.54) is 24.2 Å². The Bertz CT molecular complexity index is 360. The Labute approximate surface area is 103 Å². The van der Waals surface area contributed by atoms with E-state index >= 15 is 0 Å². The number of hydrogen-bond donors (Lipinski definition) is 2. The van der Waals surface area contributed by atoms with Crippen LogP contribution >= 0.6 is 0 Å². The van der Waals surface area contributed by atoms with Gasteiger partial charge in [0.2, 0.25) is 0 Å². The van der Waals surface area contributed by atoms with Gasteiger partial charge in [-0.1, -0.05) is 13.8 Å². The first-order valence-corrected chi connectivity index (χ1v) is 6.61. The van der Waals surface area contributed by atoms with Gasteiger partial charge in [0.25, 0.3) is 0 Å². The van der Waals surface area contributed by atoms with E-state index in [0.717, 1.165) is 12.8 Å². The van der Waals surface area contributed by atoms with Crippen LogP contribution < -0.4 is 5.32 Å². The standard InChI is InChI=1S/C13H23N3O/c1-10(2)14-7-11(17)8-16-9-15-12-5-3-4-6-13(12)16/h9-11,14,17H,3-8H2,1-2H3. The van der Waals surface area contributed by atoms with E-state index in [9.17, 15) is 5.11 Å². The number of aliphatic hydroxyl groups excluding tert-OH is 1. The van der Waals surface area contributed by atoms with E-state index in [1.54, 1.807) is 0 Å². The fourth-order valence-electron chi connectivity index (χ4n) is 2.35. The summed E-state index contributed by atoms with van der Waals surface area (Å²) >= 11 is 0. The lowest BCUT2D eigenvalue weighted by atomic mass is 10.0. The predicted octanol–water partition coefficient (Wildman–Crippen LogP) is 1.12. The molecule has 0 bridgehead atoms. The topological polar surface area (TPSA) is 50.1 Å². The van der Waals surface area contributed by atoms with Gasteiger partial charge in [-0.2, -0.15) is 0 Å². The molecule has 96 valence electrons. The Balaban J connectivity index is 1.92. The molecular weight excluding hydrogens is 214 g/mol. The summed E-state index contributed by atoms with van der Waals surface area (Å²) in [4.78, 5) is 4.44. The molecule has 17 heavy (non-hydrogen) atoms. The van der Waals surface area contributed by atoms with E-state index < -0.39 is 0 Å². The monoisotopic (exact) mass is 237 g/mol. The molecule has 4 heteroatoms. The quantitative estimate of drug-likeness (QED) is 0.807. The lowest BCUT2D eigenvalue weighted by Crippen LogP contribution is -2.34. The highest BCUT2D eigenvalue weighted by Crippen LogP contribution is 2.19. The summed E-state index contributed by atoms with van der Waals surface area (Å²) in [6.45, 7) is 5.48. The second kappa shape index (κ2) is 5.65. The van der Waals surface area contributed by atoms with Gasteiger partial charge in [-0.3, -0.25) is 0 Å². The SMILES string of the molecule is CC(C)NCC(O)Cn1cnc2c1CCCC2. The first kappa shape index (κ1) is 12.6. The zero-order chi connectivity index (χ0) is 12.3. The van der Waals surface area contributed by atoms with Crippen molar-refractivity contribution in [3.63, 3.8) is 0 Å². The smallest absolute Gasteiger partial charge is 0.0952 e. The molecule has 2 N–H and O–H groups in total. The minimum atomic E-state index is -0.336. The number of nitrogens with one attached hydrogen (secondary N) is 1. The minimum Gasteiger partial charge on any atom is -0.390 e. The fraction of sp³-hybridized carbons (Fsp3) is 0.769. The van der Waals surface area contributed by atoms with E-state index in [-0.39, 0.29) is 6.10 Å². The predicted molar refractivity (Wildman–Crippen MR) is 68.0 cm³/mol. The number of imidazole rings is 1. The van der Waals surface area contributed by atoms with Gasteiger partial charge in [0.05, 0.1) is 24.7 Å². The van der Waals surface area contributed by atoms with Gasteiger partial charge >= 0.3 is 0 Å². The van der Waals surface area contributed by atoms with Crippen LogP contribution in [0.25, 0.3) is 0 Å². The highest BCUT2D eigenvalue weighted by molar-refractivity contribution is 5.16. The Morgan fingerprint density at radius 3 is 2.94 bits per heavy atom. The lowest BCUT2D eigenvalue weighted by molar-refractivity contribution is 0.147. The molecule has 0 spiro atoms. The van der Waals surface area contributed by atoms with Gasteiger partial charge in [0, 0.05) is 18.3 Å². The van der Waals surface area contributed by atoms with Crippen LogP contribution in [0.1, 0.15) is 38.1 Å². The Morgan fingerprint density at radius 2 is 2.18 bits per heavy atom. The lowest BCUT2D eigenvalue weighted by Gasteiger charge is -2.18. The van der Waals surface area contributed by atoms with Gasteiger partial charge in [-0.05, 0) is 25.7 Å². The third-order valence-electron chi connectivity index (χ3n) is 3.28. The first-order valence-electron chi connectivity index (χ1n) is 6.61. The number of fused-ring (bicyclic) bond motifs is 1. The molecule has 1 aliphatic carbocycles. The van der Waals surface area contributed by atoms with E-state index in [1.807, 2.05) is 6.33 Å². The van der Waals surface area contributed by atoms with E-state index in [4.69, 9.17) is 0 Å². The average Bonchev–Trinajstić information content (AvgIpc) is 2.70. The summed E-state index contributed by atoms with van der Waals surface area (Å²) in [5, 5.41) is 13.2. The molecule has 1 aromatic heterocycles. The molecular formula is C13H23N3O. The van der Waals surface area contributed by atoms with Crippen molar-refractivity contribution >= 4 is 0 Å². The van der Waals surface area contributed by atoms with Crippen LogP contribution in [0.3, 0.4) is 0 Å². The zero-order valence-electron chi connectivity index (χ0n) is 10.8. The van der Waals surface area contributed by atoms with Crippen LogP contribution in [0.2, 0.25) is 0 Å². The second-order valence-corrected chi connectivity index (χ2v) is 5.21. The zero-order valence-corrected chi connectivity index (χ0v) is 10.8. The molecule has 1 aliphatic rings. The summed E-state index contributed by atoms with van der Waals surface area (Å²) in [6.07, 6.45) is 6.26. The first-order chi connectivity index (χ1) is 8.16. The number of rotatable bonds is 5. The van der Waals surface area contributed by atoms with E-state index in [0.29, 0.717) is 19.1 Å². The number of aliphatic hydroxyl groups is 1. The largest absolute Gasteiger partial charge is 0.390 e. The third-order valence-corrected chi connectivity index (χ3v) is 3.28. The molecule has 1 aromatic rings. The van der Waals surface area contributed by atoms with E-state index in [2.05, 4.69) is 28.7 Å². The van der Waals surface area contributed by atoms with Crippen LogP contribution in [0.15, 0.2) is 6.33 Å². The maximum atomic E-state index is 9.96.